The van der Waals surface area contributed by atoms with Crippen molar-refractivity contribution in [1.82, 2.24) is 0 Å². The van der Waals surface area contributed by atoms with Crippen LogP contribution in [-0.2, 0) is 6.18 Å². The number of nitrogens with zero attached hydrogens (tertiary/aromatic N) is 2. The van der Waals surface area contributed by atoms with E-state index in [9.17, 15) is 13.2 Å². The number of rotatable bonds is 3. The fraction of sp³-hybridized carbons (Fsp3) is 0.526. The Morgan fingerprint density at radius 2 is 2.20 bits per heavy atom. The van der Waals surface area contributed by atoms with E-state index in [-0.39, 0.29) is 10.3 Å². The molecule has 4 atom stereocenters. The molecule has 0 N–H and O–H groups in total. The summed E-state index contributed by atoms with van der Waals surface area (Å²) >= 11 is 1.71. The van der Waals surface area contributed by atoms with E-state index in [1.54, 1.807) is 24.1 Å². The molecule has 0 spiro atoms. The molecule has 3 aliphatic rings. The summed E-state index contributed by atoms with van der Waals surface area (Å²) in [5.41, 5.74) is -0.610. The van der Waals surface area contributed by atoms with Gasteiger partial charge in [-0.15, -0.1) is 6.58 Å². The normalized spacial score (nSPS) is 33.4. The number of hydrogen-bond donors (Lipinski definition) is 0. The minimum Gasteiger partial charge on any atom is -0.315 e. The van der Waals surface area contributed by atoms with Crippen LogP contribution in [0, 0.1) is 29.1 Å². The van der Waals surface area contributed by atoms with Crippen LogP contribution in [0.2, 0.25) is 0 Å². The first-order valence-corrected chi connectivity index (χ1v) is 9.35. The first-order chi connectivity index (χ1) is 11.9. The highest BCUT2D eigenvalue weighted by molar-refractivity contribution is 8.02. The highest BCUT2D eigenvalue weighted by Crippen LogP contribution is 2.66. The molecule has 4 unspecified atom stereocenters. The van der Waals surface area contributed by atoms with E-state index in [0.29, 0.717) is 23.4 Å². The fourth-order valence-corrected chi connectivity index (χ4v) is 6.98. The van der Waals surface area contributed by atoms with Crippen molar-refractivity contribution in [3.8, 4) is 6.07 Å². The maximum atomic E-state index is 13.3. The van der Waals surface area contributed by atoms with E-state index in [4.69, 9.17) is 5.26 Å². The van der Waals surface area contributed by atoms with E-state index in [1.165, 1.54) is 25.3 Å². The molecule has 1 aromatic rings. The van der Waals surface area contributed by atoms with E-state index >= 15 is 0 Å². The maximum Gasteiger partial charge on any atom is 0.417 e. The van der Waals surface area contributed by atoms with Crippen LogP contribution in [0.4, 0.5) is 18.9 Å². The smallest absolute Gasteiger partial charge is 0.315 e. The van der Waals surface area contributed by atoms with Gasteiger partial charge in [-0.3, -0.25) is 0 Å². The molecule has 1 heterocycles. The van der Waals surface area contributed by atoms with Crippen LogP contribution in [0.1, 0.15) is 36.8 Å². The van der Waals surface area contributed by atoms with Gasteiger partial charge < -0.3 is 4.31 Å². The zero-order valence-corrected chi connectivity index (χ0v) is 14.5. The number of fused-ring (bicyclic) bond motifs is 5. The molecule has 2 saturated carbocycles. The summed E-state index contributed by atoms with van der Waals surface area (Å²) in [7, 11) is 0. The summed E-state index contributed by atoms with van der Waals surface area (Å²) in [6.07, 6.45) is 2.06. The Kier molecular flexibility index (Phi) is 3.84. The molecule has 0 aromatic heterocycles. The highest BCUT2D eigenvalue weighted by atomic mass is 32.2. The molecule has 3 fully saturated rings. The average Bonchev–Trinajstić information content (AvgIpc) is 3.24. The van der Waals surface area contributed by atoms with Crippen LogP contribution < -0.4 is 4.31 Å². The number of nitriles is 1. The van der Waals surface area contributed by atoms with Crippen molar-refractivity contribution in [2.75, 3.05) is 10.8 Å². The summed E-state index contributed by atoms with van der Waals surface area (Å²) in [5.74, 6) is 1.83. The molecule has 1 saturated heterocycles. The molecule has 0 radical (unpaired) electrons. The lowest BCUT2D eigenvalue weighted by molar-refractivity contribution is -0.137. The van der Waals surface area contributed by atoms with Crippen molar-refractivity contribution in [1.29, 1.82) is 5.26 Å². The van der Waals surface area contributed by atoms with Gasteiger partial charge in [0.05, 0.1) is 17.2 Å². The Bertz CT molecular complexity index is 754. The second-order valence-electron chi connectivity index (χ2n) is 7.32. The molecule has 2 nitrogen and oxygen atoms in total. The van der Waals surface area contributed by atoms with Crippen LogP contribution >= 0.6 is 11.9 Å². The fourth-order valence-electron chi connectivity index (χ4n) is 5.15. The van der Waals surface area contributed by atoms with Gasteiger partial charge >= 0.3 is 6.18 Å². The molecule has 2 aliphatic carbocycles. The van der Waals surface area contributed by atoms with Crippen LogP contribution in [0.3, 0.4) is 0 Å². The third-order valence-electron chi connectivity index (χ3n) is 6.18. The molecular formula is C19H19F3N2S. The first kappa shape index (κ1) is 16.8. The number of anilines is 1. The average molecular weight is 364 g/mol. The number of alkyl halides is 3. The molecule has 0 amide bonds. The summed E-state index contributed by atoms with van der Waals surface area (Å²) < 4.78 is 41.9. The van der Waals surface area contributed by atoms with E-state index in [0.717, 1.165) is 19.0 Å². The molecule has 1 aromatic carbocycles. The molecular weight excluding hydrogens is 345 g/mol. The van der Waals surface area contributed by atoms with E-state index < -0.39 is 11.7 Å². The van der Waals surface area contributed by atoms with Crippen LogP contribution in [0.5, 0.6) is 0 Å². The summed E-state index contributed by atoms with van der Waals surface area (Å²) in [4.78, 5) is 0. The number of halogens is 3. The van der Waals surface area contributed by atoms with Crippen molar-refractivity contribution < 1.29 is 13.2 Å². The summed E-state index contributed by atoms with van der Waals surface area (Å²) in [6, 6.07) is 5.73. The lowest BCUT2D eigenvalue weighted by atomic mass is 9.76. The zero-order chi connectivity index (χ0) is 17.8. The second-order valence-corrected chi connectivity index (χ2v) is 8.70. The lowest BCUT2D eigenvalue weighted by Gasteiger charge is -2.36. The monoisotopic (exact) mass is 364 g/mol. The predicted molar refractivity (Wildman–Crippen MR) is 93.0 cm³/mol. The largest absolute Gasteiger partial charge is 0.417 e. The summed E-state index contributed by atoms with van der Waals surface area (Å²) in [5, 5.41) is 8.98. The topological polar surface area (TPSA) is 27.0 Å². The molecule has 4 rings (SSSR count). The van der Waals surface area contributed by atoms with Crippen LogP contribution in [-0.4, -0.2) is 11.3 Å². The van der Waals surface area contributed by atoms with Gasteiger partial charge in [-0.25, -0.2) is 0 Å². The van der Waals surface area contributed by atoms with E-state index in [1.807, 2.05) is 10.4 Å². The first-order valence-electron chi connectivity index (χ1n) is 8.58. The van der Waals surface area contributed by atoms with Crippen molar-refractivity contribution in [2.24, 2.45) is 17.8 Å². The second kappa shape index (κ2) is 5.70. The quantitative estimate of drug-likeness (QED) is 0.530. The van der Waals surface area contributed by atoms with Crippen molar-refractivity contribution in [2.45, 2.75) is 36.6 Å². The maximum absolute atomic E-state index is 13.3. The zero-order valence-electron chi connectivity index (χ0n) is 13.7. The standard InChI is InChI=1S/C19H19F3N2S/c1-2-7-18-14-5-3-12(8-14)17(18)11-24(25-18)15-6-4-13(10-23)16(9-15)19(20,21)22/h2,4,6,9,12,14,17H,1,3,5,7-8,11H2. The number of hydrogen-bond acceptors (Lipinski definition) is 3. The van der Waals surface area contributed by atoms with Gasteiger partial charge in [0.1, 0.15) is 0 Å². The van der Waals surface area contributed by atoms with Gasteiger partial charge in [-0.2, -0.15) is 18.4 Å². The van der Waals surface area contributed by atoms with Crippen molar-refractivity contribution in [3.63, 3.8) is 0 Å². The SMILES string of the molecule is C=CCC12SN(c3ccc(C#N)c(C(F)(F)F)c3)CC1C1CCC2C1. The minimum absolute atomic E-state index is 0.0942. The van der Waals surface area contributed by atoms with Crippen molar-refractivity contribution in [3.05, 3.63) is 42.0 Å². The molecule has 6 heteroatoms. The Labute approximate surface area is 149 Å². The van der Waals surface area contributed by atoms with E-state index in [2.05, 4.69) is 6.58 Å². The highest BCUT2D eigenvalue weighted by Gasteiger charge is 2.62. The van der Waals surface area contributed by atoms with Crippen LogP contribution in [0.25, 0.3) is 0 Å². The number of benzene rings is 1. The molecule has 132 valence electrons. The van der Waals surface area contributed by atoms with Gasteiger partial charge in [0, 0.05) is 17.0 Å². The number of allylic oxidation sites excluding steroid dienone is 1. The van der Waals surface area contributed by atoms with Crippen molar-refractivity contribution >= 4 is 17.6 Å². The van der Waals surface area contributed by atoms with Gasteiger partial charge in [0.25, 0.3) is 0 Å². The molecule has 2 bridgehead atoms. The third kappa shape index (κ3) is 2.47. The third-order valence-corrected chi connectivity index (χ3v) is 7.91. The Hall–Kier alpha value is -1.61. The Morgan fingerprint density at radius 1 is 1.40 bits per heavy atom. The molecule has 25 heavy (non-hydrogen) atoms. The van der Waals surface area contributed by atoms with Gasteiger partial charge in [-0.05, 0) is 73.6 Å². The van der Waals surface area contributed by atoms with Gasteiger partial charge in [-0.1, -0.05) is 6.08 Å². The summed E-state index contributed by atoms with van der Waals surface area (Å²) in [6.45, 7) is 4.69. The minimum atomic E-state index is -4.51. The predicted octanol–water partition coefficient (Wildman–Crippen LogP) is 5.41. The van der Waals surface area contributed by atoms with Gasteiger partial charge in [0.2, 0.25) is 0 Å². The lowest BCUT2D eigenvalue weighted by Crippen LogP contribution is -2.37. The molecule has 1 aliphatic heterocycles. The Morgan fingerprint density at radius 3 is 2.88 bits per heavy atom. The van der Waals surface area contributed by atoms with Crippen LogP contribution in [0.15, 0.2) is 30.9 Å². The van der Waals surface area contributed by atoms with Gasteiger partial charge in [0.15, 0.2) is 0 Å². The Balaban J connectivity index is 1.68.